The van der Waals surface area contributed by atoms with Crippen LogP contribution in [-0.2, 0) is 6.54 Å². The van der Waals surface area contributed by atoms with E-state index in [1.807, 2.05) is 13.0 Å². The quantitative estimate of drug-likeness (QED) is 0.281. The highest BCUT2D eigenvalue weighted by molar-refractivity contribution is 7.13. The van der Waals surface area contributed by atoms with Gasteiger partial charge in [0.25, 0.3) is 0 Å². The Balaban J connectivity index is 1.46. The van der Waals surface area contributed by atoms with E-state index < -0.39 is 0 Å². The number of hydrogen-bond acceptors (Lipinski definition) is 6. The van der Waals surface area contributed by atoms with E-state index in [0.29, 0.717) is 56.2 Å². The van der Waals surface area contributed by atoms with Gasteiger partial charge in [-0.1, -0.05) is 6.92 Å². The van der Waals surface area contributed by atoms with Crippen LogP contribution in [0.2, 0.25) is 0 Å². The molecule has 3 N–H and O–H groups in total. The average Bonchev–Trinajstić information content (AvgIpc) is 3.59. The predicted octanol–water partition coefficient (Wildman–Crippen LogP) is 5.68. The Morgan fingerprint density at radius 1 is 1.03 bits per heavy atom. The van der Waals surface area contributed by atoms with Gasteiger partial charge in [-0.2, -0.15) is 9.49 Å². The van der Waals surface area contributed by atoms with Crippen molar-refractivity contribution in [3.05, 3.63) is 71.5 Å². The van der Waals surface area contributed by atoms with Gasteiger partial charge in [0, 0.05) is 47.7 Å². The summed E-state index contributed by atoms with van der Waals surface area (Å²) in [6.45, 7) is 3.52. The Morgan fingerprint density at radius 2 is 1.94 bits per heavy atom. The molecule has 0 bridgehead atoms. The van der Waals surface area contributed by atoms with Gasteiger partial charge in [-0.25, -0.2) is 9.37 Å². The van der Waals surface area contributed by atoms with Crippen molar-refractivity contribution in [2.24, 2.45) is 0 Å². The standard InChI is InChI=1S/C25H19F2N7S/c1-2-28-10-13-7-14(12-29-11-13)15-8-16-19(9-17(15)26)33-34-22(16)25-31-18-5-6-30-24(23(18)32-25)20-3-4-21(27)35-20/h3-9,11-12,28H,2,10H2,1H3,(H,31,32)(H,33,34). The number of halogens is 2. The molecule has 35 heavy (non-hydrogen) atoms. The van der Waals surface area contributed by atoms with Gasteiger partial charge in [0.15, 0.2) is 11.0 Å². The first kappa shape index (κ1) is 21.5. The van der Waals surface area contributed by atoms with Gasteiger partial charge < -0.3 is 10.3 Å². The molecule has 5 aromatic heterocycles. The fourth-order valence-corrected chi connectivity index (χ4v) is 4.84. The molecule has 0 radical (unpaired) electrons. The molecule has 1 aromatic carbocycles. The normalized spacial score (nSPS) is 11.6. The Morgan fingerprint density at radius 3 is 2.77 bits per heavy atom. The molecule has 5 heterocycles. The van der Waals surface area contributed by atoms with Crippen molar-refractivity contribution < 1.29 is 8.78 Å². The van der Waals surface area contributed by atoms with Gasteiger partial charge in [0.2, 0.25) is 0 Å². The van der Waals surface area contributed by atoms with Crippen molar-refractivity contribution in [1.29, 1.82) is 0 Å². The molecule has 0 atom stereocenters. The second-order valence-corrected chi connectivity index (χ2v) is 9.09. The molecule has 0 saturated heterocycles. The highest BCUT2D eigenvalue weighted by Gasteiger charge is 2.19. The molecule has 7 nitrogen and oxygen atoms in total. The summed E-state index contributed by atoms with van der Waals surface area (Å²) in [6.07, 6.45) is 5.07. The van der Waals surface area contributed by atoms with Crippen LogP contribution in [0, 0.1) is 10.9 Å². The Hall–Kier alpha value is -4.02. The minimum absolute atomic E-state index is 0.286. The number of aromatic amines is 2. The molecule has 0 saturated carbocycles. The van der Waals surface area contributed by atoms with Crippen LogP contribution in [0.4, 0.5) is 8.78 Å². The molecule has 0 aliphatic carbocycles. The lowest BCUT2D eigenvalue weighted by Crippen LogP contribution is -2.11. The number of nitrogens with zero attached hydrogens (tertiary/aromatic N) is 4. The summed E-state index contributed by atoms with van der Waals surface area (Å²) in [5.41, 5.74) is 5.14. The number of imidazole rings is 1. The molecule has 0 spiro atoms. The van der Waals surface area contributed by atoms with Crippen LogP contribution < -0.4 is 5.32 Å². The highest BCUT2D eigenvalue weighted by atomic mass is 32.1. The smallest absolute Gasteiger partial charge is 0.177 e. The van der Waals surface area contributed by atoms with E-state index in [9.17, 15) is 4.39 Å². The van der Waals surface area contributed by atoms with E-state index in [0.717, 1.165) is 29.0 Å². The van der Waals surface area contributed by atoms with Gasteiger partial charge >= 0.3 is 0 Å². The van der Waals surface area contributed by atoms with E-state index in [4.69, 9.17) is 4.98 Å². The molecular weight excluding hydrogens is 468 g/mol. The number of benzene rings is 1. The lowest BCUT2D eigenvalue weighted by Gasteiger charge is -2.07. The van der Waals surface area contributed by atoms with Gasteiger partial charge in [-0.15, -0.1) is 11.3 Å². The van der Waals surface area contributed by atoms with E-state index in [-0.39, 0.29) is 10.9 Å². The van der Waals surface area contributed by atoms with Gasteiger partial charge in [0.05, 0.1) is 15.9 Å². The number of H-pyrrole nitrogens is 2. The summed E-state index contributed by atoms with van der Waals surface area (Å²) < 4.78 is 28.7. The van der Waals surface area contributed by atoms with Crippen LogP contribution >= 0.6 is 11.3 Å². The third-order valence-electron chi connectivity index (χ3n) is 5.77. The van der Waals surface area contributed by atoms with Crippen LogP contribution in [0.15, 0.2) is 55.0 Å². The zero-order valence-corrected chi connectivity index (χ0v) is 19.4. The lowest BCUT2D eigenvalue weighted by molar-refractivity contribution is 0.632. The van der Waals surface area contributed by atoms with Crippen LogP contribution in [-0.4, -0.2) is 36.7 Å². The molecule has 0 aliphatic rings. The molecule has 0 amide bonds. The van der Waals surface area contributed by atoms with E-state index >= 15 is 4.39 Å². The number of fused-ring (bicyclic) bond motifs is 2. The first-order valence-electron chi connectivity index (χ1n) is 11.0. The summed E-state index contributed by atoms with van der Waals surface area (Å²) >= 11 is 1.02. The minimum atomic E-state index is -0.370. The van der Waals surface area contributed by atoms with Crippen molar-refractivity contribution in [2.75, 3.05) is 6.54 Å². The van der Waals surface area contributed by atoms with Crippen molar-refractivity contribution in [3.8, 4) is 33.2 Å². The van der Waals surface area contributed by atoms with Crippen LogP contribution in [0.3, 0.4) is 0 Å². The average molecular weight is 488 g/mol. The Kier molecular flexibility index (Phi) is 5.31. The zero-order valence-electron chi connectivity index (χ0n) is 18.6. The maximum Gasteiger partial charge on any atom is 0.177 e. The van der Waals surface area contributed by atoms with Crippen LogP contribution in [0.5, 0.6) is 0 Å². The largest absolute Gasteiger partial charge is 0.336 e. The topological polar surface area (TPSA) is 95.2 Å². The van der Waals surface area contributed by atoms with E-state index in [1.165, 1.54) is 12.1 Å². The van der Waals surface area contributed by atoms with E-state index in [2.05, 4.69) is 30.5 Å². The maximum absolute atomic E-state index is 15.1. The summed E-state index contributed by atoms with van der Waals surface area (Å²) in [4.78, 5) is 17.4. The fraction of sp³-hybridized carbons (Fsp3) is 0.120. The second-order valence-electron chi connectivity index (χ2n) is 8.06. The minimum Gasteiger partial charge on any atom is -0.336 e. The molecule has 0 aliphatic heterocycles. The number of hydrogen-bond donors (Lipinski definition) is 3. The second kappa shape index (κ2) is 8.64. The number of aromatic nitrogens is 6. The van der Waals surface area contributed by atoms with Crippen LogP contribution in [0.1, 0.15) is 12.5 Å². The maximum atomic E-state index is 15.1. The fourth-order valence-electron chi connectivity index (χ4n) is 4.11. The predicted molar refractivity (Wildman–Crippen MR) is 133 cm³/mol. The molecule has 10 heteroatoms. The van der Waals surface area contributed by atoms with Crippen LogP contribution in [0.25, 0.3) is 55.2 Å². The third-order valence-corrected chi connectivity index (χ3v) is 6.65. The van der Waals surface area contributed by atoms with E-state index in [1.54, 1.807) is 36.8 Å². The number of rotatable bonds is 6. The Labute approximate surface area is 202 Å². The van der Waals surface area contributed by atoms with Crippen molar-refractivity contribution in [3.63, 3.8) is 0 Å². The number of thiophene rings is 1. The molecule has 0 unspecified atom stereocenters. The van der Waals surface area contributed by atoms with Crippen molar-refractivity contribution >= 4 is 33.3 Å². The number of pyridine rings is 2. The van der Waals surface area contributed by atoms with Gasteiger partial charge in [-0.3, -0.25) is 15.1 Å². The molecular formula is C25H19F2N7S. The van der Waals surface area contributed by atoms with Crippen molar-refractivity contribution in [1.82, 2.24) is 35.5 Å². The molecule has 0 fully saturated rings. The summed E-state index contributed by atoms with van der Waals surface area (Å²) in [5.74, 6) is 0.139. The summed E-state index contributed by atoms with van der Waals surface area (Å²) in [6, 6.07) is 10.0. The van der Waals surface area contributed by atoms with Gasteiger partial charge in [0.1, 0.15) is 22.7 Å². The summed E-state index contributed by atoms with van der Waals surface area (Å²) in [5, 5.41) is 11.0. The highest BCUT2D eigenvalue weighted by Crippen LogP contribution is 2.35. The monoisotopic (exact) mass is 487 g/mol. The summed E-state index contributed by atoms with van der Waals surface area (Å²) in [7, 11) is 0. The lowest BCUT2D eigenvalue weighted by atomic mass is 10.0. The first-order chi connectivity index (χ1) is 17.1. The SMILES string of the molecule is CCNCc1cncc(-c2cc3c(-c4nc5c(-c6ccc(F)s6)nccc5[nH]4)n[nH]c3cc2F)c1. The number of nitrogens with one attached hydrogen (secondary N) is 3. The van der Waals surface area contributed by atoms with Gasteiger partial charge in [-0.05, 0) is 42.4 Å². The molecule has 174 valence electrons. The molecule has 6 aromatic rings. The molecule has 6 rings (SSSR count). The first-order valence-corrected chi connectivity index (χ1v) is 11.9. The van der Waals surface area contributed by atoms with Crippen molar-refractivity contribution in [2.45, 2.75) is 13.5 Å². The zero-order chi connectivity index (χ0) is 23.9. The third kappa shape index (κ3) is 3.86. The Bertz CT molecular complexity index is 1680.